The Morgan fingerprint density at radius 1 is 1.27 bits per heavy atom. The first-order valence-electron chi connectivity index (χ1n) is 7.57. The summed E-state index contributed by atoms with van der Waals surface area (Å²) in [5.41, 5.74) is 6.38. The normalized spacial score (nSPS) is 14.8. The maximum absolute atomic E-state index is 12.4. The molecule has 1 amide bonds. The summed E-state index contributed by atoms with van der Waals surface area (Å²) in [6.45, 7) is 5.68. The van der Waals surface area contributed by atoms with Crippen LogP contribution in [0.4, 0.5) is 0 Å². The molecule has 1 N–H and O–H groups in total. The maximum Gasteiger partial charge on any atom is 0.272 e. The lowest BCUT2D eigenvalue weighted by Gasteiger charge is -2.12. The summed E-state index contributed by atoms with van der Waals surface area (Å²) >= 11 is 1.69. The zero-order chi connectivity index (χ0) is 15.7. The van der Waals surface area contributed by atoms with Gasteiger partial charge in [-0.25, -0.2) is 5.43 Å². The van der Waals surface area contributed by atoms with Crippen molar-refractivity contribution in [3.63, 3.8) is 0 Å². The van der Waals surface area contributed by atoms with E-state index in [9.17, 15) is 4.79 Å². The number of hydrogen-bond acceptors (Lipinski definition) is 4. The minimum Gasteiger partial charge on any atom is -0.466 e. The molecule has 3 rings (SSSR count). The van der Waals surface area contributed by atoms with Gasteiger partial charge in [0.15, 0.2) is 0 Å². The number of amides is 1. The van der Waals surface area contributed by atoms with Gasteiger partial charge in [-0.05, 0) is 58.1 Å². The Labute approximate surface area is 134 Å². The summed E-state index contributed by atoms with van der Waals surface area (Å²) in [4.78, 5) is 13.7. The monoisotopic (exact) mass is 316 g/mol. The molecule has 2 aromatic heterocycles. The smallest absolute Gasteiger partial charge is 0.272 e. The summed E-state index contributed by atoms with van der Waals surface area (Å²) in [5.74, 6) is 1.55. The van der Waals surface area contributed by atoms with Gasteiger partial charge in [0.25, 0.3) is 5.91 Å². The summed E-state index contributed by atoms with van der Waals surface area (Å²) in [7, 11) is 0. The van der Waals surface area contributed by atoms with Gasteiger partial charge < -0.3 is 4.42 Å². The van der Waals surface area contributed by atoms with E-state index in [2.05, 4.69) is 10.5 Å². The van der Waals surface area contributed by atoms with Crippen LogP contribution in [0.3, 0.4) is 0 Å². The van der Waals surface area contributed by atoms with E-state index in [0.717, 1.165) is 41.2 Å². The molecule has 2 aromatic rings. The fraction of sp³-hybridized carbons (Fsp3) is 0.412. The van der Waals surface area contributed by atoms with Crippen LogP contribution in [0, 0.1) is 13.8 Å². The van der Waals surface area contributed by atoms with Crippen LogP contribution in [-0.4, -0.2) is 11.6 Å². The first kappa shape index (κ1) is 15.0. The largest absolute Gasteiger partial charge is 0.466 e. The third-order valence-corrected chi connectivity index (χ3v) is 5.15. The molecule has 1 aliphatic rings. The molecular weight excluding hydrogens is 296 g/mol. The Kier molecular flexibility index (Phi) is 4.16. The lowest BCUT2D eigenvalue weighted by atomic mass is 9.96. The number of fused-ring (bicyclic) bond motifs is 1. The lowest BCUT2D eigenvalue weighted by Crippen LogP contribution is -2.20. The molecule has 2 heterocycles. The molecule has 0 atom stereocenters. The van der Waals surface area contributed by atoms with Crippen molar-refractivity contribution in [1.29, 1.82) is 0 Å². The fourth-order valence-corrected chi connectivity index (χ4v) is 4.06. The average Bonchev–Trinajstić information content (AvgIpc) is 3.07. The van der Waals surface area contributed by atoms with Crippen LogP contribution in [0.2, 0.25) is 0 Å². The maximum atomic E-state index is 12.4. The lowest BCUT2D eigenvalue weighted by molar-refractivity contribution is 0.0954. The zero-order valence-electron chi connectivity index (χ0n) is 13.2. The van der Waals surface area contributed by atoms with Crippen LogP contribution in [-0.2, 0) is 12.8 Å². The first-order chi connectivity index (χ1) is 10.6. The molecule has 1 aliphatic carbocycles. The molecule has 0 spiro atoms. The molecule has 0 aromatic carbocycles. The summed E-state index contributed by atoms with van der Waals surface area (Å²) in [5, 5.41) is 6.20. The van der Waals surface area contributed by atoms with E-state index in [-0.39, 0.29) is 5.91 Å². The topological polar surface area (TPSA) is 54.6 Å². The molecule has 0 saturated carbocycles. The predicted octanol–water partition coefficient (Wildman–Crippen LogP) is 3.99. The number of nitrogens with zero attached hydrogens (tertiary/aromatic N) is 1. The van der Waals surface area contributed by atoms with E-state index in [1.165, 1.54) is 23.3 Å². The number of hydrazone groups is 1. The standard InChI is InChI=1S/C17H20N2O2S/c1-10-8-14(12(3)21-10)11(2)18-19-17(20)15-9-22-16-7-5-4-6-13(15)16/h8-9H,4-7H2,1-3H3,(H,19,20)/b18-11+. The van der Waals surface area contributed by atoms with Gasteiger partial charge in [-0.15, -0.1) is 11.3 Å². The van der Waals surface area contributed by atoms with Crippen molar-refractivity contribution in [2.45, 2.75) is 46.5 Å². The second kappa shape index (κ2) is 6.08. The Morgan fingerprint density at radius 2 is 2.05 bits per heavy atom. The van der Waals surface area contributed by atoms with E-state index in [4.69, 9.17) is 4.42 Å². The quantitative estimate of drug-likeness (QED) is 0.687. The van der Waals surface area contributed by atoms with E-state index >= 15 is 0 Å². The molecule has 0 bridgehead atoms. The second-order valence-electron chi connectivity index (χ2n) is 5.72. The molecule has 0 unspecified atom stereocenters. The Balaban J connectivity index is 1.76. The van der Waals surface area contributed by atoms with Crippen LogP contribution in [0.5, 0.6) is 0 Å². The molecule has 0 saturated heterocycles. The van der Waals surface area contributed by atoms with Gasteiger partial charge in [0.05, 0.1) is 11.3 Å². The fourth-order valence-electron chi connectivity index (χ4n) is 2.93. The number of furan rings is 1. The number of thiophene rings is 1. The van der Waals surface area contributed by atoms with Crippen LogP contribution >= 0.6 is 11.3 Å². The number of hydrogen-bond donors (Lipinski definition) is 1. The van der Waals surface area contributed by atoms with Gasteiger partial charge in [0, 0.05) is 15.8 Å². The summed E-state index contributed by atoms with van der Waals surface area (Å²) in [6.07, 6.45) is 4.50. The third-order valence-electron chi connectivity index (χ3n) is 4.06. The van der Waals surface area contributed by atoms with Crippen molar-refractivity contribution in [1.82, 2.24) is 5.43 Å². The molecule has 5 heteroatoms. The highest BCUT2D eigenvalue weighted by Gasteiger charge is 2.20. The molecule has 22 heavy (non-hydrogen) atoms. The SMILES string of the molecule is C/C(=N\NC(=O)c1csc2c1CCCC2)c1cc(C)oc1C. The van der Waals surface area contributed by atoms with E-state index in [1.54, 1.807) is 11.3 Å². The highest BCUT2D eigenvalue weighted by molar-refractivity contribution is 7.10. The Bertz CT molecular complexity index is 740. The molecule has 0 aliphatic heterocycles. The van der Waals surface area contributed by atoms with Gasteiger partial charge in [0.2, 0.25) is 0 Å². The van der Waals surface area contributed by atoms with Crippen molar-refractivity contribution < 1.29 is 9.21 Å². The van der Waals surface area contributed by atoms with Crippen LogP contribution < -0.4 is 5.43 Å². The highest BCUT2D eigenvalue weighted by Crippen LogP contribution is 2.30. The zero-order valence-corrected chi connectivity index (χ0v) is 14.0. The number of nitrogens with one attached hydrogen (secondary N) is 1. The van der Waals surface area contributed by atoms with E-state index in [0.29, 0.717) is 0 Å². The van der Waals surface area contributed by atoms with Crippen molar-refractivity contribution >= 4 is 23.0 Å². The minimum atomic E-state index is -0.114. The number of rotatable bonds is 3. The number of carbonyl (C=O) groups excluding carboxylic acids is 1. The van der Waals surface area contributed by atoms with Crippen molar-refractivity contribution in [2.24, 2.45) is 5.10 Å². The predicted molar refractivity (Wildman–Crippen MR) is 88.8 cm³/mol. The number of aryl methyl sites for hydroxylation is 3. The second-order valence-corrected chi connectivity index (χ2v) is 6.69. The number of carbonyl (C=O) groups is 1. The van der Waals surface area contributed by atoms with Gasteiger partial charge >= 0.3 is 0 Å². The van der Waals surface area contributed by atoms with Crippen molar-refractivity contribution in [3.05, 3.63) is 44.5 Å². The van der Waals surface area contributed by atoms with E-state index in [1.807, 2.05) is 32.2 Å². The van der Waals surface area contributed by atoms with E-state index < -0.39 is 0 Å². The molecule has 0 fully saturated rings. The Hall–Kier alpha value is -1.88. The Morgan fingerprint density at radius 3 is 2.77 bits per heavy atom. The summed E-state index contributed by atoms with van der Waals surface area (Å²) in [6, 6.07) is 1.94. The van der Waals surface area contributed by atoms with Crippen LogP contribution in [0.1, 0.15) is 57.6 Å². The summed E-state index contributed by atoms with van der Waals surface area (Å²) < 4.78 is 5.50. The highest BCUT2D eigenvalue weighted by atomic mass is 32.1. The van der Waals surface area contributed by atoms with Crippen LogP contribution in [0.25, 0.3) is 0 Å². The molecule has 4 nitrogen and oxygen atoms in total. The molecule has 0 radical (unpaired) electrons. The molecule has 116 valence electrons. The van der Waals surface area contributed by atoms with Crippen LogP contribution in [0.15, 0.2) is 21.0 Å². The average molecular weight is 316 g/mol. The van der Waals surface area contributed by atoms with Gasteiger partial charge in [-0.1, -0.05) is 0 Å². The van der Waals surface area contributed by atoms with Crippen molar-refractivity contribution in [2.75, 3.05) is 0 Å². The minimum absolute atomic E-state index is 0.114. The van der Waals surface area contributed by atoms with Gasteiger partial charge in [-0.3, -0.25) is 4.79 Å². The van der Waals surface area contributed by atoms with Gasteiger partial charge in [0.1, 0.15) is 11.5 Å². The van der Waals surface area contributed by atoms with Gasteiger partial charge in [-0.2, -0.15) is 5.10 Å². The third kappa shape index (κ3) is 2.86. The first-order valence-corrected chi connectivity index (χ1v) is 8.45. The van der Waals surface area contributed by atoms with Crippen molar-refractivity contribution in [3.8, 4) is 0 Å². The molecular formula is C17H20N2O2S.